The first-order valence-corrected chi connectivity index (χ1v) is 8.53. The summed E-state index contributed by atoms with van der Waals surface area (Å²) in [6.45, 7) is 4.35. The summed E-state index contributed by atoms with van der Waals surface area (Å²) in [5, 5.41) is 0. The Bertz CT molecular complexity index is 487. The van der Waals surface area contributed by atoms with Gasteiger partial charge in [-0.25, -0.2) is 0 Å². The van der Waals surface area contributed by atoms with E-state index in [1.807, 2.05) is 6.20 Å². The highest BCUT2D eigenvalue weighted by molar-refractivity contribution is 5.39. The Morgan fingerprint density at radius 1 is 1.14 bits per heavy atom. The van der Waals surface area contributed by atoms with Crippen molar-refractivity contribution >= 4 is 5.82 Å². The fourth-order valence-corrected chi connectivity index (χ4v) is 3.71. The molecular weight excluding hydrogens is 276 g/mol. The van der Waals surface area contributed by atoms with Crippen LogP contribution in [0.15, 0.2) is 12.4 Å². The predicted molar refractivity (Wildman–Crippen MR) is 88.4 cm³/mol. The summed E-state index contributed by atoms with van der Waals surface area (Å²) in [6, 6.07) is 0.574. The van der Waals surface area contributed by atoms with E-state index in [-0.39, 0.29) is 0 Å². The van der Waals surface area contributed by atoms with Crippen LogP contribution >= 0.6 is 0 Å². The van der Waals surface area contributed by atoms with Gasteiger partial charge in [-0.15, -0.1) is 0 Å². The minimum Gasteiger partial charge on any atom is -0.473 e. The highest BCUT2D eigenvalue weighted by atomic mass is 16.5. The molecule has 0 aromatic carbocycles. The highest BCUT2D eigenvalue weighted by Crippen LogP contribution is 2.27. The molecule has 1 aromatic rings. The first-order valence-electron chi connectivity index (χ1n) is 8.53. The molecule has 2 fully saturated rings. The van der Waals surface area contributed by atoms with E-state index in [9.17, 15) is 0 Å². The monoisotopic (exact) mass is 304 g/mol. The molecule has 2 atom stereocenters. The van der Waals surface area contributed by atoms with E-state index >= 15 is 0 Å². The average Bonchev–Trinajstić information content (AvgIpc) is 2.91. The van der Waals surface area contributed by atoms with Crippen LogP contribution in [-0.2, 0) is 0 Å². The quantitative estimate of drug-likeness (QED) is 0.855. The maximum Gasteiger partial charge on any atom is 0.234 e. The van der Waals surface area contributed by atoms with E-state index in [1.165, 1.54) is 19.3 Å². The van der Waals surface area contributed by atoms with E-state index < -0.39 is 0 Å². The summed E-state index contributed by atoms with van der Waals surface area (Å²) in [4.78, 5) is 13.7. The molecule has 22 heavy (non-hydrogen) atoms. The Balaban J connectivity index is 1.66. The molecule has 5 nitrogen and oxygen atoms in total. The van der Waals surface area contributed by atoms with E-state index in [4.69, 9.17) is 9.72 Å². The SMILES string of the molecule is CC1CN(c2cncc(OC3CCCCC3)n2)CC1N(C)C. The highest BCUT2D eigenvalue weighted by Gasteiger charge is 2.32. The lowest BCUT2D eigenvalue weighted by Gasteiger charge is -2.24. The van der Waals surface area contributed by atoms with Gasteiger partial charge in [0.1, 0.15) is 6.10 Å². The summed E-state index contributed by atoms with van der Waals surface area (Å²) in [5.74, 6) is 2.27. The van der Waals surface area contributed by atoms with E-state index in [2.05, 4.69) is 35.8 Å². The number of likely N-dealkylation sites (N-methyl/N-ethyl adjacent to an activating group) is 1. The normalized spacial score (nSPS) is 26.6. The van der Waals surface area contributed by atoms with Crippen molar-refractivity contribution in [3.05, 3.63) is 12.4 Å². The van der Waals surface area contributed by atoms with Gasteiger partial charge in [-0.05, 0) is 45.7 Å². The van der Waals surface area contributed by atoms with Gasteiger partial charge in [0.25, 0.3) is 0 Å². The lowest BCUT2D eigenvalue weighted by atomic mass is 9.98. The minimum absolute atomic E-state index is 0.324. The topological polar surface area (TPSA) is 41.5 Å². The van der Waals surface area contributed by atoms with Gasteiger partial charge in [0, 0.05) is 19.1 Å². The summed E-state index contributed by atoms with van der Waals surface area (Å²) >= 11 is 0. The van der Waals surface area contributed by atoms with Gasteiger partial charge in [-0.1, -0.05) is 13.3 Å². The molecule has 0 N–H and O–H groups in total. The van der Waals surface area contributed by atoms with Crippen molar-refractivity contribution in [1.82, 2.24) is 14.9 Å². The molecule has 122 valence electrons. The fourth-order valence-electron chi connectivity index (χ4n) is 3.71. The molecule has 5 heteroatoms. The zero-order chi connectivity index (χ0) is 15.5. The number of hydrogen-bond donors (Lipinski definition) is 0. The van der Waals surface area contributed by atoms with Crippen molar-refractivity contribution in [2.45, 2.75) is 51.2 Å². The van der Waals surface area contributed by atoms with Crippen LogP contribution in [0.25, 0.3) is 0 Å². The zero-order valence-corrected chi connectivity index (χ0v) is 14.0. The molecule has 0 amide bonds. The van der Waals surface area contributed by atoms with Gasteiger partial charge in [0.05, 0.1) is 12.4 Å². The van der Waals surface area contributed by atoms with Crippen LogP contribution in [0.3, 0.4) is 0 Å². The van der Waals surface area contributed by atoms with Gasteiger partial charge >= 0.3 is 0 Å². The maximum absolute atomic E-state index is 6.05. The van der Waals surface area contributed by atoms with Crippen LogP contribution in [0.5, 0.6) is 5.88 Å². The molecule has 1 saturated heterocycles. The molecule has 0 spiro atoms. The first-order chi connectivity index (χ1) is 10.6. The van der Waals surface area contributed by atoms with E-state index in [0.29, 0.717) is 23.9 Å². The standard InChI is InChI=1S/C17H28N4O/c1-13-11-21(12-15(13)20(2)3)16-9-18-10-17(19-16)22-14-7-5-4-6-8-14/h9-10,13-15H,4-8,11-12H2,1-3H3. The maximum atomic E-state index is 6.05. The number of rotatable bonds is 4. The van der Waals surface area contributed by atoms with E-state index in [0.717, 1.165) is 31.7 Å². The molecule has 2 unspecified atom stereocenters. The molecule has 1 aliphatic carbocycles. The third-order valence-corrected chi connectivity index (χ3v) is 5.00. The second-order valence-corrected chi connectivity index (χ2v) is 7.01. The molecule has 0 bridgehead atoms. The zero-order valence-electron chi connectivity index (χ0n) is 14.0. The van der Waals surface area contributed by atoms with Crippen LogP contribution in [0.2, 0.25) is 0 Å². The Labute approximate surface area is 133 Å². The Hall–Kier alpha value is -1.36. The van der Waals surface area contributed by atoms with Crippen LogP contribution in [0.1, 0.15) is 39.0 Å². The molecule has 2 heterocycles. The number of ether oxygens (including phenoxy) is 1. The van der Waals surface area contributed by atoms with Crippen LogP contribution < -0.4 is 9.64 Å². The molecule has 0 radical (unpaired) electrons. The van der Waals surface area contributed by atoms with Gasteiger partial charge in [0.15, 0.2) is 5.82 Å². The van der Waals surface area contributed by atoms with Crippen LogP contribution in [0, 0.1) is 5.92 Å². The minimum atomic E-state index is 0.324. The Morgan fingerprint density at radius 3 is 2.59 bits per heavy atom. The molecule has 2 aliphatic rings. The summed E-state index contributed by atoms with van der Waals surface area (Å²) < 4.78 is 6.05. The molecule has 3 rings (SSSR count). The number of aromatic nitrogens is 2. The van der Waals surface area contributed by atoms with Crippen molar-refractivity contribution in [3.8, 4) is 5.88 Å². The Morgan fingerprint density at radius 2 is 1.91 bits per heavy atom. The summed E-state index contributed by atoms with van der Waals surface area (Å²) in [6.07, 6.45) is 10.1. The largest absolute Gasteiger partial charge is 0.473 e. The second-order valence-electron chi connectivity index (χ2n) is 7.01. The summed E-state index contributed by atoms with van der Waals surface area (Å²) in [5.41, 5.74) is 0. The lowest BCUT2D eigenvalue weighted by molar-refractivity contribution is 0.148. The fraction of sp³-hybridized carbons (Fsp3) is 0.765. The third-order valence-electron chi connectivity index (χ3n) is 5.00. The van der Waals surface area contributed by atoms with Crippen molar-refractivity contribution < 1.29 is 4.74 Å². The third kappa shape index (κ3) is 3.51. The van der Waals surface area contributed by atoms with Crippen molar-refractivity contribution in [1.29, 1.82) is 0 Å². The van der Waals surface area contributed by atoms with Crippen LogP contribution in [-0.4, -0.2) is 54.2 Å². The van der Waals surface area contributed by atoms with Crippen LogP contribution in [0.4, 0.5) is 5.82 Å². The predicted octanol–water partition coefficient (Wildman–Crippen LogP) is 2.57. The number of hydrogen-bond acceptors (Lipinski definition) is 5. The second kappa shape index (κ2) is 6.82. The summed E-state index contributed by atoms with van der Waals surface area (Å²) in [7, 11) is 4.30. The van der Waals surface area contributed by atoms with Crippen molar-refractivity contribution in [2.75, 3.05) is 32.1 Å². The Kier molecular flexibility index (Phi) is 4.81. The molecule has 1 aromatic heterocycles. The first kappa shape index (κ1) is 15.5. The molecule has 1 saturated carbocycles. The number of nitrogens with zero attached hydrogens (tertiary/aromatic N) is 4. The van der Waals surface area contributed by atoms with E-state index in [1.54, 1.807) is 6.20 Å². The van der Waals surface area contributed by atoms with Gasteiger partial charge < -0.3 is 14.5 Å². The van der Waals surface area contributed by atoms with Gasteiger partial charge in [-0.3, -0.25) is 4.98 Å². The van der Waals surface area contributed by atoms with Crippen molar-refractivity contribution in [3.63, 3.8) is 0 Å². The molecular formula is C17H28N4O. The molecule has 1 aliphatic heterocycles. The smallest absolute Gasteiger partial charge is 0.234 e. The van der Waals surface area contributed by atoms with Gasteiger partial charge in [-0.2, -0.15) is 4.98 Å². The number of anilines is 1. The average molecular weight is 304 g/mol. The van der Waals surface area contributed by atoms with Gasteiger partial charge in [0.2, 0.25) is 5.88 Å². The van der Waals surface area contributed by atoms with Crippen molar-refractivity contribution in [2.24, 2.45) is 5.92 Å². The lowest BCUT2D eigenvalue weighted by Crippen LogP contribution is -2.34.